The van der Waals surface area contributed by atoms with Crippen molar-refractivity contribution in [3.05, 3.63) is 0 Å². The normalized spacial score (nSPS) is 32.9. The molecule has 0 spiro atoms. The number of hydrogen-bond acceptors (Lipinski definition) is 4. The molecule has 2 amide bonds. The lowest BCUT2D eigenvalue weighted by atomic mass is 9.93. The summed E-state index contributed by atoms with van der Waals surface area (Å²) in [6, 6.07) is -1.69. The molecule has 0 bridgehead atoms. The summed E-state index contributed by atoms with van der Waals surface area (Å²) in [5, 5.41) is 11.9. The molecular formula is C12H20N2O5S. The topological polar surface area (TPSA) is 104 Å². The molecule has 2 heterocycles. The molecule has 20 heavy (non-hydrogen) atoms. The van der Waals surface area contributed by atoms with Crippen molar-refractivity contribution in [1.29, 1.82) is 0 Å². The number of carbonyl (C=O) groups is 2. The second-order valence-corrected chi connectivity index (χ2v) is 7.96. The number of carboxylic acids is 1. The first-order valence-electron chi connectivity index (χ1n) is 6.79. The minimum Gasteiger partial charge on any atom is -0.480 e. The lowest BCUT2D eigenvalue weighted by molar-refractivity contribution is -0.143. The van der Waals surface area contributed by atoms with Crippen LogP contribution in [0.5, 0.6) is 0 Å². The van der Waals surface area contributed by atoms with E-state index in [4.69, 9.17) is 0 Å². The minimum absolute atomic E-state index is 0.0548. The van der Waals surface area contributed by atoms with Crippen LogP contribution in [0.1, 0.15) is 26.2 Å². The molecule has 8 heteroatoms. The first kappa shape index (κ1) is 15.1. The molecule has 2 fully saturated rings. The standard InChI is InChI=1S/C12H20N2O5S/c1-8-2-4-14(10(6-8)11(15)16)12(17)13-9-3-5-20(18,19)7-9/h8-10H,2-7H2,1H3,(H,13,17)(H,15,16). The van der Waals surface area contributed by atoms with Crippen LogP contribution in [-0.2, 0) is 14.6 Å². The number of urea groups is 1. The molecule has 2 aliphatic rings. The third-order valence-electron chi connectivity index (χ3n) is 3.97. The molecule has 2 saturated heterocycles. The molecule has 0 aromatic heterocycles. The van der Waals surface area contributed by atoms with Crippen molar-refractivity contribution in [2.45, 2.75) is 38.3 Å². The van der Waals surface area contributed by atoms with E-state index in [1.165, 1.54) is 4.90 Å². The van der Waals surface area contributed by atoms with Gasteiger partial charge in [0, 0.05) is 12.6 Å². The Labute approximate surface area is 118 Å². The number of aliphatic carboxylic acids is 1. The summed E-state index contributed by atoms with van der Waals surface area (Å²) < 4.78 is 22.7. The highest BCUT2D eigenvalue weighted by molar-refractivity contribution is 7.91. The summed E-state index contributed by atoms with van der Waals surface area (Å²) in [6.45, 7) is 2.36. The second kappa shape index (κ2) is 5.59. The highest BCUT2D eigenvalue weighted by atomic mass is 32.2. The van der Waals surface area contributed by atoms with Gasteiger partial charge in [0.25, 0.3) is 0 Å². The van der Waals surface area contributed by atoms with E-state index >= 15 is 0 Å². The van der Waals surface area contributed by atoms with Gasteiger partial charge in [-0.15, -0.1) is 0 Å². The van der Waals surface area contributed by atoms with Gasteiger partial charge in [0.05, 0.1) is 11.5 Å². The predicted molar refractivity (Wildman–Crippen MR) is 72.1 cm³/mol. The van der Waals surface area contributed by atoms with Crippen LogP contribution in [0.3, 0.4) is 0 Å². The fraction of sp³-hybridized carbons (Fsp3) is 0.833. The zero-order valence-corrected chi connectivity index (χ0v) is 12.2. The molecule has 0 aromatic carbocycles. The Morgan fingerprint density at radius 1 is 1.30 bits per heavy atom. The number of hydrogen-bond donors (Lipinski definition) is 2. The number of sulfone groups is 1. The monoisotopic (exact) mass is 304 g/mol. The largest absolute Gasteiger partial charge is 0.480 e. The quantitative estimate of drug-likeness (QED) is 0.751. The zero-order chi connectivity index (χ0) is 14.9. The molecule has 2 N–H and O–H groups in total. The van der Waals surface area contributed by atoms with Gasteiger partial charge in [-0.3, -0.25) is 0 Å². The van der Waals surface area contributed by atoms with Gasteiger partial charge in [0.2, 0.25) is 0 Å². The van der Waals surface area contributed by atoms with E-state index in [9.17, 15) is 23.1 Å². The van der Waals surface area contributed by atoms with E-state index in [1.54, 1.807) is 0 Å². The molecule has 114 valence electrons. The van der Waals surface area contributed by atoms with Gasteiger partial charge < -0.3 is 15.3 Å². The third-order valence-corrected chi connectivity index (χ3v) is 5.74. The van der Waals surface area contributed by atoms with Crippen LogP contribution in [0, 0.1) is 5.92 Å². The minimum atomic E-state index is -3.06. The SMILES string of the molecule is CC1CCN(C(=O)NC2CCS(=O)(=O)C2)C(C(=O)O)C1. The summed E-state index contributed by atoms with van der Waals surface area (Å²) in [6.07, 6.45) is 1.60. The number of likely N-dealkylation sites (tertiary alicyclic amines) is 1. The molecule has 7 nitrogen and oxygen atoms in total. The average Bonchev–Trinajstić information content (AvgIpc) is 2.68. The number of piperidine rings is 1. The summed E-state index contributed by atoms with van der Waals surface area (Å²) in [5.74, 6) is -0.712. The van der Waals surface area contributed by atoms with Gasteiger partial charge in [0.1, 0.15) is 6.04 Å². The van der Waals surface area contributed by atoms with Crippen LogP contribution in [-0.4, -0.2) is 60.6 Å². The predicted octanol–water partition coefficient (Wildman–Crippen LogP) is 0.0682. The Morgan fingerprint density at radius 2 is 2.00 bits per heavy atom. The second-order valence-electron chi connectivity index (χ2n) is 5.73. The first-order valence-corrected chi connectivity index (χ1v) is 8.61. The molecule has 0 saturated carbocycles. The third kappa shape index (κ3) is 3.41. The molecule has 0 aliphatic carbocycles. The zero-order valence-electron chi connectivity index (χ0n) is 11.4. The summed E-state index contributed by atoms with van der Waals surface area (Å²) in [5.41, 5.74) is 0. The molecule has 2 aliphatic heterocycles. The van der Waals surface area contributed by atoms with Crippen molar-refractivity contribution in [3.63, 3.8) is 0 Å². The Balaban J connectivity index is 1.99. The Bertz CT molecular complexity index is 504. The molecule has 0 radical (unpaired) electrons. The smallest absolute Gasteiger partial charge is 0.326 e. The lowest BCUT2D eigenvalue weighted by Gasteiger charge is -2.36. The van der Waals surface area contributed by atoms with Gasteiger partial charge in [-0.25, -0.2) is 18.0 Å². The van der Waals surface area contributed by atoms with Crippen molar-refractivity contribution in [2.75, 3.05) is 18.1 Å². The van der Waals surface area contributed by atoms with Crippen LogP contribution in [0.15, 0.2) is 0 Å². The van der Waals surface area contributed by atoms with Crippen molar-refractivity contribution in [1.82, 2.24) is 10.2 Å². The fourth-order valence-corrected chi connectivity index (χ4v) is 4.46. The maximum Gasteiger partial charge on any atom is 0.326 e. The van der Waals surface area contributed by atoms with Gasteiger partial charge >= 0.3 is 12.0 Å². The lowest BCUT2D eigenvalue weighted by Crippen LogP contribution is -2.55. The van der Waals surface area contributed by atoms with Crippen molar-refractivity contribution in [2.24, 2.45) is 5.92 Å². The van der Waals surface area contributed by atoms with Crippen LogP contribution >= 0.6 is 0 Å². The molecule has 0 aromatic rings. The van der Waals surface area contributed by atoms with E-state index in [0.29, 0.717) is 19.4 Å². The Morgan fingerprint density at radius 3 is 2.55 bits per heavy atom. The summed E-state index contributed by atoms with van der Waals surface area (Å²) >= 11 is 0. The fourth-order valence-electron chi connectivity index (χ4n) is 2.79. The van der Waals surface area contributed by atoms with Gasteiger partial charge in [-0.1, -0.05) is 6.92 Å². The maximum absolute atomic E-state index is 12.1. The van der Waals surface area contributed by atoms with E-state index in [2.05, 4.69) is 5.32 Å². The average molecular weight is 304 g/mol. The number of carboxylic acid groups (broad SMARTS) is 1. The number of nitrogens with one attached hydrogen (secondary N) is 1. The van der Waals surface area contributed by atoms with Crippen molar-refractivity contribution >= 4 is 21.8 Å². The van der Waals surface area contributed by atoms with Crippen LogP contribution in [0.25, 0.3) is 0 Å². The van der Waals surface area contributed by atoms with E-state index in [1.807, 2.05) is 6.92 Å². The highest BCUT2D eigenvalue weighted by Crippen LogP contribution is 2.23. The van der Waals surface area contributed by atoms with E-state index < -0.39 is 33.9 Å². The summed E-state index contributed by atoms with van der Waals surface area (Å²) in [7, 11) is -3.06. The molecule has 3 unspecified atom stereocenters. The number of amides is 2. The van der Waals surface area contributed by atoms with Gasteiger partial charge in [-0.2, -0.15) is 0 Å². The molecule has 3 atom stereocenters. The highest BCUT2D eigenvalue weighted by Gasteiger charge is 2.37. The van der Waals surface area contributed by atoms with Crippen molar-refractivity contribution in [3.8, 4) is 0 Å². The Kier molecular flexibility index (Phi) is 4.22. The Hall–Kier alpha value is -1.31. The first-order chi connectivity index (χ1) is 9.28. The van der Waals surface area contributed by atoms with Crippen LogP contribution < -0.4 is 5.32 Å². The summed E-state index contributed by atoms with van der Waals surface area (Å²) in [4.78, 5) is 24.7. The van der Waals surface area contributed by atoms with Crippen molar-refractivity contribution < 1.29 is 23.1 Å². The van der Waals surface area contributed by atoms with Crippen LogP contribution in [0.2, 0.25) is 0 Å². The van der Waals surface area contributed by atoms with Gasteiger partial charge in [-0.05, 0) is 25.2 Å². The molecule has 2 rings (SSSR count). The van der Waals surface area contributed by atoms with Gasteiger partial charge in [0.15, 0.2) is 9.84 Å². The number of nitrogens with zero attached hydrogens (tertiary/aromatic N) is 1. The maximum atomic E-state index is 12.1. The van der Waals surface area contributed by atoms with E-state index in [0.717, 1.165) is 6.42 Å². The van der Waals surface area contributed by atoms with E-state index in [-0.39, 0.29) is 17.4 Å². The van der Waals surface area contributed by atoms with Crippen LogP contribution in [0.4, 0.5) is 4.79 Å². The number of rotatable bonds is 2. The molecular weight excluding hydrogens is 284 g/mol. The number of carbonyl (C=O) groups excluding carboxylic acids is 1.